The fourth-order valence-corrected chi connectivity index (χ4v) is 3.19. The Bertz CT molecular complexity index is 827. The molecule has 0 saturated heterocycles. The van der Waals surface area contributed by atoms with Crippen molar-refractivity contribution in [2.24, 2.45) is 5.73 Å². The van der Waals surface area contributed by atoms with Crippen LogP contribution in [-0.4, -0.2) is 18.1 Å². The molecule has 0 aliphatic rings. The average Bonchev–Trinajstić information content (AvgIpc) is 2.62. The van der Waals surface area contributed by atoms with Gasteiger partial charge >= 0.3 is 0 Å². The molecule has 0 aromatic heterocycles. The quantitative estimate of drug-likeness (QED) is 0.588. The summed E-state index contributed by atoms with van der Waals surface area (Å²) in [6.07, 6.45) is 1.38. The molecule has 0 bridgehead atoms. The predicted octanol–water partition coefficient (Wildman–Crippen LogP) is 3.23. The molecule has 3 N–H and O–H groups in total. The Kier molecular flexibility index (Phi) is 6.49. The number of nitrogens with zero attached hydrogens (tertiary/aromatic N) is 1. The molecule has 0 saturated carbocycles. The fourth-order valence-electron chi connectivity index (χ4n) is 2.22. The second-order valence-corrected chi connectivity index (χ2v) is 6.23. The topological polar surface area (TPSA) is 96.3 Å². The first-order chi connectivity index (χ1) is 12.0. The summed E-state index contributed by atoms with van der Waals surface area (Å²) in [6, 6.07) is 15.0. The van der Waals surface area contributed by atoms with Gasteiger partial charge in [0.15, 0.2) is 11.5 Å². The molecule has 0 unspecified atom stereocenters. The van der Waals surface area contributed by atoms with Gasteiger partial charge in [-0.2, -0.15) is 17.0 Å². The molecule has 2 aromatic rings. The zero-order valence-corrected chi connectivity index (χ0v) is 14.5. The number of phenolic OH excluding ortho intramolecular Hbond substituents is 1. The number of carbonyl (C=O) groups excluding carboxylic acids is 1. The van der Waals surface area contributed by atoms with Gasteiger partial charge in [0.2, 0.25) is 0 Å². The smallest absolute Gasteiger partial charge is 0.259 e. The molecule has 1 amide bonds. The minimum atomic E-state index is -0.797. The first kappa shape index (κ1) is 18.4. The van der Waals surface area contributed by atoms with E-state index in [9.17, 15) is 9.90 Å². The van der Waals surface area contributed by atoms with Crippen LogP contribution >= 0.6 is 11.8 Å². The zero-order chi connectivity index (χ0) is 18.2. The molecule has 0 spiro atoms. The van der Waals surface area contributed by atoms with Gasteiger partial charge in [-0.05, 0) is 29.3 Å². The van der Waals surface area contributed by atoms with Crippen LogP contribution in [0.3, 0.4) is 0 Å². The number of phenols is 1. The highest BCUT2D eigenvalue weighted by molar-refractivity contribution is 7.97. The van der Waals surface area contributed by atoms with E-state index in [0.717, 1.165) is 5.75 Å². The van der Waals surface area contributed by atoms with Crippen LogP contribution in [0.15, 0.2) is 48.0 Å². The van der Waals surface area contributed by atoms with Gasteiger partial charge in [-0.25, -0.2) is 0 Å². The number of primary amides is 1. The molecule has 2 rings (SSSR count). The summed E-state index contributed by atoms with van der Waals surface area (Å²) in [4.78, 5) is 11.2. The van der Waals surface area contributed by atoms with Crippen molar-refractivity contribution in [1.82, 2.24) is 0 Å². The number of amides is 1. The number of methoxy groups -OCH3 is 1. The van der Waals surface area contributed by atoms with Gasteiger partial charge in [0, 0.05) is 17.1 Å². The summed E-state index contributed by atoms with van der Waals surface area (Å²) in [5, 5.41) is 19.3. The number of nitriles is 1. The molecule has 0 heterocycles. The summed E-state index contributed by atoms with van der Waals surface area (Å²) < 4.78 is 5.18. The van der Waals surface area contributed by atoms with E-state index < -0.39 is 5.91 Å². The number of hydrogen-bond donors (Lipinski definition) is 2. The Labute approximate surface area is 150 Å². The molecular weight excluding hydrogens is 336 g/mol. The van der Waals surface area contributed by atoms with Crippen molar-refractivity contribution in [3.05, 3.63) is 64.7 Å². The summed E-state index contributed by atoms with van der Waals surface area (Å²) in [6.45, 7) is 0. The number of hydrogen-bond acceptors (Lipinski definition) is 5. The predicted molar refractivity (Wildman–Crippen MR) is 98.9 cm³/mol. The van der Waals surface area contributed by atoms with E-state index in [1.165, 1.54) is 18.7 Å². The summed E-state index contributed by atoms with van der Waals surface area (Å²) >= 11 is 1.64. The number of carbonyl (C=O) groups is 1. The zero-order valence-electron chi connectivity index (χ0n) is 13.7. The fraction of sp³-hybridized carbons (Fsp3) is 0.158. The lowest BCUT2D eigenvalue weighted by molar-refractivity contribution is -0.114. The van der Waals surface area contributed by atoms with Crippen LogP contribution in [0.2, 0.25) is 0 Å². The van der Waals surface area contributed by atoms with E-state index in [-0.39, 0.29) is 17.1 Å². The minimum Gasteiger partial charge on any atom is -0.504 e. The van der Waals surface area contributed by atoms with Gasteiger partial charge in [-0.15, -0.1) is 0 Å². The van der Waals surface area contributed by atoms with Crippen molar-refractivity contribution in [1.29, 1.82) is 5.26 Å². The second-order valence-electron chi connectivity index (χ2n) is 5.24. The number of aromatic hydroxyl groups is 1. The third-order valence-electron chi connectivity index (χ3n) is 3.46. The highest BCUT2D eigenvalue weighted by Gasteiger charge is 2.12. The maximum atomic E-state index is 11.2. The molecule has 128 valence electrons. The van der Waals surface area contributed by atoms with Crippen LogP contribution in [0.4, 0.5) is 0 Å². The highest BCUT2D eigenvalue weighted by atomic mass is 32.2. The Morgan fingerprint density at radius 3 is 2.64 bits per heavy atom. The lowest BCUT2D eigenvalue weighted by Gasteiger charge is -2.11. The largest absolute Gasteiger partial charge is 0.504 e. The van der Waals surface area contributed by atoms with Crippen molar-refractivity contribution >= 4 is 23.7 Å². The number of rotatable bonds is 7. The first-order valence-corrected chi connectivity index (χ1v) is 8.63. The number of thioether (sulfide) groups is 1. The highest BCUT2D eigenvalue weighted by Crippen LogP contribution is 2.35. The van der Waals surface area contributed by atoms with Crippen molar-refractivity contribution < 1.29 is 14.6 Å². The van der Waals surface area contributed by atoms with Crippen molar-refractivity contribution in [2.45, 2.75) is 11.5 Å². The first-order valence-electron chi connectivity index (χ1n) is 7.48. The molecule has 6 heteroatoms. The molecule has 25 heavy (non-hydrogen) atoms. The second kappa shape index (κ2) is 8.81. The lowest BCUT2D eigenvalue weighted by atomic mass is 10.1. The van der Waals surface area contributed by atoms with Crippen LogP contribution in [-0.2, 0) is 16.3 Å². The molecule has 0 radical (unpaired) electrons. The van der Waals surface area contributed by atoms with Crippen LogP contribution in [0.1, 0.15) is 16.7 Å². The lowest BCUT2D eigenvalue weighted by Crippen LogP contribution is -2.12. The average molecular weight is 354 g/mol. The maximum absolute atomic E-state index is 11.2. The van der Waals surface area contributed by atoms with Crippen molar-refractivity contribution in [2.75, 3.05) is 7.11 Å². The number of benzene rings is 2. The Morgan fingerprint density at radius 2 is 2.04 bits per heavy atom. The standard InChI is InChI=1S/C19H18N2O3S/c1-24-17-9-14(7-15(10-20)19(21)23)8-16(18(17)22)12-25-11-13-5-3-2-4-6-13/h2-9,22H,11-12H2,1H3,(H2,21,23)/b15-7+. The normalized spacial score (nSPS) is 11.0. The molecule has 0 aliphatic heterocycles. The number of nitrogens with two attached hydrogens (primary N) is 1. The van der Waals surface area contributed by atoms with Crippen LogP contribution in [0, 0.1) is 11.3 Å². The Hall–Kier alpha value is -2.91. The summed E-state index contributed by atoms with van der Waals surface area (Å²) in [5.74, 6) is 0.892. The van der Waals surface area contributed by atoms with E-state index in [2.05, 4.69) is 0 Å². The Morgan fingerprint density at radius 1 is 1.32 bits per heavy atom. The third-order valence-corrected chi connectivity index (χ3v) is 4.51. The van der Waals surface area contributed by atoms with Gasteiger partial charge in [0.25, 0.3) is 5.91 Å². The third kappa shape index (κ3) is 5.03. The van der Waals surface area contributed by atoms with E-state index in [1.54, 1.807) is 30.0 Å². The number of ether oxygens (including phenoxy) is 1. The van der Waals surface area contributed by atoms with Crippen molar-refractivity contribution in [3.63, 3.8) is 0 Å². The molecule has 2 aromatic carbocycles. The van der Waals surface area contributed by atoms with Crippen LogP contribution < -0.4 is 10.5 Å². The Balaban J connectivity index is 2.23. The molecule has 0 atom stereocenters. The monoisotopic (exact) mass is 354 g/mol. The van der Waals surface area contributed by atoms with E-state index in [1.807, 2.05) is 30.3 Å². The van der Waals surface area contributed by atoms with E-state index >= 15 is 0 Å². The van der Waals surface area contributed by atoms with Gasteiger partial charge < -0.3 is 15.6 Å². The summed E-state index contributed by atoms with van der Waals surface area (Å²) in [5.41, 5.74) is 7.43. The maximum Gasteiger partial charge on any atom is 0.259 e. The van der Waals surface area contributed by atoms with E-state index in [4.69, 9.17) is 15.7 Å². The van der Waals surface area contributed by atoms with Crippen molar-refractivity contribution in [3.8, 4) is 17.6 Å². The van der Waals surface area contributed by atoms with Gasteiger partial charge in [0.1, 0.15) is 11.6 Å². The van der Waals surface area contributed by atoms with Gasteiger partial charge in [0.05, 0.1) is 7.11 Å². The molecule has 5 nitrogen and oxygen atoms in total. The molecule has 0 aliphatic carbocycles. The van der Waals surface area contributed by atoms with Crippen LogP contribution in [0.5, 0.6) is 11.5 Å². The van der Waals surface area contributed by atoms with Gasteiger partial charge in [-0.3, -0.25) is 4.79 Å². The molecular formula is C19H18N2O3S. The van der Waals surface area contributed by atoms with Crippen LogP contribution in [0.25, 0.3) is 6.08 Å². The van der Waals surface area contributed by atoms with E-state index in [0.29, 0.717) is 16.9 Å². The SMILES string of the molecule is COc1cc(/C=C(\C#N)C(N)=O)cc(CSCc2ccccc2)c1O. The van der Waals surface area contributed by atoms with Gasteiger partial charge in [-0.1, -0.05) is 30.3 Å². The summed E-state index contributed by atoms with van der Waals surface area (Å²) in [7, 11) is 1.45. The minimum absolute atomic E-state index is 0.0535. The molecule has 0 fully saturated rings.